The average molecular weight is 531 g/mol. The summed E-state index contributed by atoms with van der Waals surface area (Å²) in [7, 11) is 0. The second-order valence-corrected chi connectivity index (χ2v) is 13.4. The lowest BCUT2D eigenvalue weighted by molar-refractivity contribution is -0.192. The zero-order valence-electron chi connectivity index (χ0n) is 21.7. The number of piperidine rings is 1. The van der Waals surface area contributed by atoms with Gasteiger partial charge >= 0.3 is 0 Å². The van der Waals surface area contributed by atoms with Gasteiger partial charge < -0.3 is 20.3 Å². The lowest BCUT2D eigenvalue weighted by atomic mass is 9.48. The number of likely N-dealkylation sites (tertiary alicyclic amines) is 1. The van der Waals surface area contributed by atoms with Crippen molar-refractivity contribution in [1.29, 1.82) is 0 Å². The van der Waals surface area contributed by atoms with Crippen molar-refractivity contribution in [2.75, 3.05) is 13.1 Å². The van der Waals surface area contributed by atoms with Crippen LogP contribution in [0, 0.1) is 12.8 Å². The van der Waals surface area contributed by atoms with Gasteiger partial charge in [-0.1, -0.05) is 18.2 Å². The lowest BCUT2D eigenvalue weighted by Gasteiger charge is -2.64. The van der Waals surface area contributed by atoms with Crippen LogP contribution in [-0.4, -0.2) is 57.9 Å². The predicted octanol–water partition coefficient (Wildman–Crippen LogP) is 4.21. The molecule has 38 heavy (non-hydrogen) atoms. The third-order valence-electron chi connectivity index (χ3n) is 10.3. The first-order valence-corrected chi connectivity index (χ1v) is 15.0. The van der Waals surface area contributed by atoms with Crippen LogP contribution >= 0.6 is 11.3 Å². The van der Waals surface area contributed by atoms with Crippen molar-refractivity contribution < 1.29 is 19.7 Å². The molecule has 1 aromatic heterocycles. The van der Waals surface area contributed by atoms with E-state index in [-0.39, 0.29) is 29.8 Å². The Morgan fingerprint density at radius 1 is 1.21 bits per heavy atom. The Morgan fingerprint density at radius 3 is 2.92 bits per heavy atom. The first-order valence-electron chi connectivity index (χ1n) is 14.1. The maximum absolute atomic E-state index is 13.4. The van der Waals surface area contributed by atoms with Gasteiger partial charge in [-0.25, -0.2) is 0 Å². The van der Waals surface area contributed by atoms with Crippen molar-refractivity contribution in [3.8, 4) is 11.5 Å². The molecule has 1 spiro atoms. The molecule has 3 aliphatic carbocycles. The number of fused-ring (bicyclic) bond motifs is 1. The molecule has 6 nitrogen and oxygen atoms in total. The molecule has 7 heteroatoms. The monoisotopic (exact) mass is 530 g/mol. The highest BCUT2D eigenvalue weighted by molar-refractivity contribution is 7.17. The number of benzene rings is 2. The van der Waals surface area contributed by atoms with Crippen LogP contribution in [0.4, 0.5) is 0 Å². The number of nitrogens with zero attached hydrogens (tertiary/aromatic N) is 1. The minimum Gasteiger partial charge on any atom is -0.504 e. The number of hydrogen-bond acceptors (Lipinski definition) is 6. The van der Waals surface area contributed by atoms with Crippen LogP contribution in [0.1, 0.15) is 54.4 Å². The summed E-state index contributed by atoms with van der Waals surface area (Å²) in [4.78, 5) is 16.0. The van der Waals surface area contributed by atoms with E-state index in [0.717, 1.165) is 48.4 Å². The Kier molecular flexibility index (Phi) is 4.88. The first kappa shape index (κ1) is 23.3. The number of thiophene rings is 1. The number of aliphatic hydroxyl groups is 1. The van der Waals surface area contributed by atoms with E-state index in [1.54, 1.807) is 17.4 Å². The van der Waals surface area contributed by atoms with Gasteiger partial charge in [-0.3, -0.25) is 9.69 Å². The standard InChI is InChI=1S/C31H34N2O4S/c1-17-2-6-21-20(16-38-24(21)12-17)14-26(35)32-22-8-9-31(36)25-13-19-5-7-23(34)28-27(19)30(31,29(22)37-28)10-11-33(25)15-18-3-4-18/h2,5-7,12,16,18,22,25,29,34,36H,3-4,8-11,13-15H2,1H3,(H,32,35)/t22-,25-,29+,30+,31-/m1/s1. The van der Waals surface area contributed by atoms with Crippen LogP contribution < -0.4 is 10.1 Å². The zero-order chi connectivity index (χ0) is 25.8. The molecule has 0 unspecified atom stereocenters. The summed E-state index contributed by atoms with van der Waals surface area (Å²) in [6, 6.07) is 9.98. The van der Waals surface area contributed by atoms with Crippen molar-refractivity contribution in [2.24, 2.45) is 5.92 Å². The number of carbonyl (C=O) groups is 1. The van der Waals surface area contributed by atoms with Gasteiger partial charge in [0, 0.05) is 22.8 Å². The number of phenolic OH excluding ortho intramolecular Hbond substituents is 1. The molecule has 3 heterocycles. The van der Waals surface area contributed by atoms with Crippen LogP contribution in [-0.2, 0) is 23.1 Å². The van der Waals surface area contributed by atoms with Crippen LogP contribution in [0.15, 0.2) is 35.7 Å². The molecule has 0 radical (unpaired) electrons. The van der Waals surface area contributed by atoms with Crippen molar-refractivity contribution in [3.63, 3.8) is 0 Å². The highest BCUT2D eigenvalue weighted by Gasteiger charge is 2.73. The molecule has 3 fully saturated rings. The Labute approximate surface area is 226 Å². The summed E-state index contributed by atoms with van der Waals surface area (Å²) < 4.78 is 7.80. The summed E-state index contributed by atoms with van der Waals surface area (Å²) in [5, 5.41) is 30.0. The van der Waals surface area contributed by atoms with Gasteiger partial charge in [0.1, 0.15) is 6.10 Å². The molecule has 2 aromatic carbocycles. The zero-order valence-corrected chi connectivity index (χ0v) is 22.5. The summed E-state index contributed by atoms with van der Waals surface area (Å²) in [6.45, 7) is 4.06. The third-order valence-corrected chi connectivity index (χ3v) is 11.3. The van der Waals surface area contributed by atoms with E-state index in [0.29, 0.717) is 25.0 Å². The molecule has 3 aromatic rings. The Hall–Kier alpha value is -2.61. The van der Waals surface area contributed by atoms with Crippen molar-refractivity contribution in [2.45, 2.75) is 81.1 Å². The summed E-state index contributed by atoms with van der Waals surface area (Å²) in [5.74, 6) is 1.41. The van der Waals surface area contributed by atoms with E-state index >= 15 is 0 Å². The molecule has 3 N–H and O–H groups in total. The largest absolute Gasteiger partial charge is 0.504 e. The predicted molar refractivity (Wildman–Crippen MR) is 147 cm³/mol. The average Bonchev–Trinajstić information content (AvgIpc) is 3.51. The maximum Gasteiger partial charge on any atom is 0.224 e. The minimum atomic E-state index is -0.931. The smallest absolute Gasteiger partial charge is 0.224 e. The van der Waals surface area contributed by atoms with Crippen molar-refractivity contribution in [3.05, 3.63) is 58.0 Å². The van der Waals surface area contributed by atoms with Gasteiger partial charge in [0.2, 0.25) is 5.91 Å². The minimum absolute atomic E-state index is 0.0142. The Morgan fingerprint density at radius 2 is 2.08 bits per heavy atom. The van der Waals surface area contributed by atoms with Crippen LogP contribution in [0.3, 0.4) is 0 Å². The molecule has 2 aliphatic heterocycles. The molecule has 2 bridgehead atoms. The normalized spacial score (nSPS) is 33.2. The summed E-state index contributed by atoms with van der Waals surface area (Å²) in [6.07, 6.45) is 5.37. The number of ether oxygens (including phenoxy) is 1. The van der Waals surface area contributed by atoms with Gasteiger partial charge in [-0.15, -0.1) is 11.3 Å². The quantitative estimate of drug-likeness (QED) is 0.461. The molecule has 5 aliphatic rings. The van der Waals surface area contributed by atoms with E-state index in [2.05, 4.69) is 40.7 Å². The molecule has 2 saturated carbocycles. The van der Waals surface area contributed by atoms with E-state index in [9.17, 15) is 15.0 Å². The van der Waals surface area contributed by atoms with E-state index in [4.69, 9.17) is 4.74 Å². The second-order valence-electron chi connectivity index (χ2n) is 12.4. The van der Waals surface area contributed by atoms with E-state index in [1.165, 1.54) is 28.7 Å². The fraction of sp³-hybridized carbons (Fsp3) is 0.516. The Bertz CT molecular complexity index is 1480. The van der Waals surface area contributed by atoms with Gasteiger partial charge in [0.25, 0.3) is 0 Å². The maximum atomic E-state index is 13.4. The second kappa shape index (κ2) is 7.96. The number of nitrogens with one attached hydrogen (secondary N) is 1. The fourth-order valence-electron chi connectivity index (χ4n) is 8.39. The van der Waals surface area contributed by atoms with Gasteiger partial charge in [-0.2, -0.15) is 0 Å². The topological polar surface area (TPSA) is 82.0 Å². The number of aromatic hydroxyl groups is 1. The lowest BCUT2D eigenvalue weighted by Crippen LogP contribution is -2.78. The summed E-state index contributed by atoms with van der Waals surface area (Å²) >= 11 is 1.68. The molecular weight excluding hydrogens is 496 g/mol. The SMILES string of the molecule is Cc1ccc2c(CC(=O)N[C@@H]3CC[C@@]4(O)[C@H]5Cc6ccc(O)c7c6[C@@]4(CCN5CC4CC4)[C@H]3O7)csc2c1. The van der Waals surface area contributed by atoms with E-state index in [1.807, 2.05) is 6.07 Å². The van der Waals surface area contributed by atoms with Crippen molar-refractivity contribution in [1.82, 2.24) is 10.2 Å². The van der Waals surface area contributed by atoms with Gasteiger partial charge in [0.15, 0.2) is 11.5 Å². The first-order chi connectivity index (χ1) is 18.4. The number of aryl methyl sites for hydroxylation is 1. The summed E-state index contributed by atoms with van der Waals surface area (Å²) in [5.41, 5.74) is 2.92. The van der Waals surface area contributed by atoms with Crippen LogP contribution in [0.2, 0.25) is 0 Å². The highest BCUT2D eigenvalue weighted by atomic mass is 32.1. The molecule has 1 saturated heterocycles. The number of carbonyl (C=O) groups excluding carboxylic acids is 1. The highest BCUT2D eigenvalue weighted by Crippen LogP contribution is 2.65. The number of hydrogen-bond donors (Lipinski definition) is 3. The molecular formula is C31H34N2O4S. The number of amides is 1. The Balaban J connectivity index is 1.13. The number of phenols is 1. The molecule has 1 amide bonds. The van der Waals surface area contributed by atoms with Gasteiger partial charge in [-0.05, 0) is 97.5 Å². The molecule has 5 atom stereocenters. The van der Waals surface area contributed by atoms with Crippen LogP contribution in [0.5, 0.6) is 11.5 Å². The fourth-order valence-corrected chi connectivity index (χ4v) is 9.45. The third kappa shape index (κ3) is 3.09. The van der Waals surface area contributed by atoms with E-state index < -0.39 is 11.0 Å². The number of rotatable bonds is 5. The molecule has 198 valence electrons. The van der Waals surface area contributed by atoms with Crippen LogP contribution in [0.25, 0.3) is 10.1 Å². The van der Waals surface area contributed by atoms with Gasteiger partial charge in [0.05, 0.1) is 23.5 Å². The van der Waals surface area contributed by atoms with Crippen molar-refractivity contribution >= 4 is 27.3 Å². The molecule has 8 rings (SSSR count).